The third-order valence-electron chi connectivity index (χ3n) is 2.48. The summed E-state index contributed by atoms with van der Waals surface area (Å²) in [6.45, 7) is 2.19. The Kier molecular flexibility index (Phi) is 6.40. The quantitative estimate of drug-likeness (QED) is 0.825. The van der Waals surface area contributed by atoms with Gasteiger partial charge in [0.1, 0.15) is 12.4 Å². The SMILES string of the molecule is CSC(C)CNC(=O)c1cc(F)ccc1C#CCO. The summed E-state index contributed by atoms with van der Waals surface area (Å²) in [7, 11) is 0. The Morgan fingerprint density at radius 2 is 2.32 bits per heavy atom. The highest BCUT2D eigenvalue weighted by Gasteiger charge is 2.12. The number of hydrogen-bond donors (Lipinski definition) is 2. The van der Waals surface area contributed by atoms with Crippen LogP contribution in [-0.4, -0.2) is 35.7 Å². The maximum Gasteiger partial charge on any atom is 0.252 e. The van der Waals surface area contributed by atoms with Gasteiger partial charge in [-0.25, -0.2) is 4.39 Å². The van der Waals surface area contributed by atoms with Gasteiger partial charge in [-0.2, -0.15) is 11.8 Å². The van der Waals surface area contributed by atoms with Gasteiger partial charge in [0.15, 0.2) is 0 Å². The van der Waals surface area contributed by atoms with Crippen LogP contribution in [0.25, 0.3) is 0 Å². The van der Waals surface area contributed by atoms with E-state index >= 15 is 0 Å². The normalized spacial score (nSPS) is 11.4. The van der Waals surface area contributed by atoms with Gasteiger partial charge in [0.2, 0.25) is 0 Å². The van der Waals surface area contributed by atoms with Crippen LogP contribution in [0, 0.1) is 17.7 Å². The van der Waals surface area contributed by atoms with Crippen molar-refractivity contribution in [2.45, 2.75) is 12.2 Å². The second-order valence-electron chi connectivity index (χ2n) is 3.91. The van der Waals surface area contributed by atoms with E-state index in [9.17, 15) is 9.18 Å². The van der Waals surface area contributed by atoms with Crippen LogP contribution in [-0.2, 0) is 0 Å². The predicted molar refractivity (Wildman–Crippen MR) is 75.7 cm³/mol. The summed E-state index contributed by atoms with van der Waals surface area (Å²) < 4.78 is 13.2. The predicted octanol–water partition coefficient (Wildman–Crippen LogP) is 1.65. The van der Waals surface area contributed by atoms with E-state index in [-0.39, 0.29) is 23.3 Å². The number of aliphatic hydroxyl groups excluding tert-OH is 1. The summed E-state index contributed by atoms with van der Waals surface area (Å²) >= 11 is 1.63. The first-order chi connectivity index (χ1) is 9.08. The number of carbonyl (C=O) groups is 1. The smallest absolute Gasteiger partial charge is 0.252 e. The van der Waals surface area contributed by atoms with Crippen molar-refractivity contribution in [2.24, 2.45) is 0 Å². The molecule has 3 nitrogen and oxygen atoms in total. The zero-order valence-corrected chi connectivity index (χ0v) is 11.7. The minimum Gasteiger partial charge on any atom is -0.384 e. The molecule has 1 rings (SSSR count). The second-order valence-corrected chi connectivity index (χ2v) is 5.18. The lowest BCUT2D eigenvalue weighted by molar-refractivity contribution is 0.0953. The van der Waals surface area contributed by atoms with Crippen LogP contribution in [0.3, 0.4) is 0 Å². The summed E-state index contributed by atoms with van der Waals surface area (Å²) in [4.78, 5) is 12.0. The van der Waals surface area contributed by atoms with Crippen molar-refractivity contribution in [3.8, 4) is 11.8 Å². The van der Waals surface area contributed by atoms with E-state index in [0.717, 1.165) is 6.07 Å². The minimum atomic E-state index is -0.488. The molecule has 0 saturated heterocycles. The Balaban J connectivity index is 2.90. The highest BCUT2D eigenvalue weighted by molar-refractivity contribution is 7.99. The van der Waals surface area contributed by atoms with E-state index < -0.39 is 5.82 Å². The average Bonchev–Trinajstić information content (AvgIpc) is 2.42. The van der Waals surface area contributed by atoms with E-state index in [1.54, 1.807) is 11.8 Å². The van der Waals surface area contributed by atoms with Crippen LogP contribution in [0.15, 0.2) is 18.2 Å². The maximum atomic E-state index is 13.2. The first-order valence-corrected chi connectivity index (χ1v) is 7.07. The molecule has 0 aromatic heterocycles. The molecule has 0 bridgehead atoms. The lowest BCUT2D eigenvalue weighted by Gasteiger charge is -2.11. The molecule has 0 aliphatic heterocycles. The molecule has 1 unspecified atom stereocenters. The van der Waals surface area contributed by atoms with E-state index in [4.69, 9.17) is 5.11 Å². The number of aliphatic hydroxyl groups is 1. The Bertz CT molecular complexity index is 508. The van der Waals surface area contributed by atoms with E-state index in [2.05, 4.69) is 17.2 Å². The number of amides is 1. The van der Waals surface area contributed by atoms with Gasteiger partial charge >= 0.3 is 0 Å². The highest BCUT2D eigenvalue weighted by atomic mass is 32.2. The monoisotopic (exact) mass is 281 g/mol. The van der Waals surface area contributed by atoms with Crippen LogP contribution < -0.4 is 5.32 Å². The topological polar surface area (TPSA) is 49.3 Å². The van der Waals surface area contributed by atoms with Crippen LogP contribution >= 0.6 is 11.8 Å². The van der Waals surface area contributed by atoms with Gasteiger partial charge in [0.25, 0.3) is 5.91 Å². The molecular weight excluding hydrogens is 265 g/mol. The van der Waals surface area contributed by atoms with Crippen molar-refractivity contribution in [1.29, 1.82) is 0 Å². The first-order valence-electron chi connectivity index (χ1n) is 5.78. The molecule has 5 heteroatoms. The van der Waals surface area contributed by atoms with Crippen LogP contribution in [0.2, 0.25) is 0 Å². The molecule has 2 N–H and O–H groups in total. The van der Waals surface area contributed by atoms with Crippen LogP contribution in [0.5, 0.6) is 0 Å². The summed E-state index contributed by atoms with van der Waals surface area (Å²) in [5.74, 6) is 4.25. The lowest BCUT2D eigenvalue weighted by Crippen LogP contribution is -2.30. The highest BCUT2D eigenvalue weighted by Crippen LogP contribution is 2.11. The van der Waals surface area contributed by atoms with Gasteiger partial charge in [-0.3, -0.25) is 4.79 Å². The van der Waals surface area contributed by atoms with Crippen LogP contribution in [0.1, 0.15) is 22.8 Å². The summed E-state index contributed by atoms with van der Waals surface area (Å²) in [6.07, 6.45) is 1.96. The fourth-order valence-electron chi connectivity index (χ4n) is 1.36. The van der Waals surface area contributed by atoms with Crippen LogP contribution in [0.4, 0.5) is 4.39 Å². The molecule has 0 aliphatic carbocycles. The lowest BCUT2D eigenvalue weighted by atomic mass is 10.1. The first kappa shape index (κ1) is 15.5. The van der Waals surface area contributed by atoms with Gasteiger partial charge in [0, 0.05) is 17.4 Å². The Hall–Kier alpha value is -1.51. The molecular formula is C14H16FNO2S. The molecule has 19 heavy (non-hydrogen) atoms. The van der Waals surface area contributed by atoms with Gasteiger partial charge in [-0.05, 0) is 24.5 Å². The number of benzene rings is 1. The third-order valence-corrected chi connectivity index (χ3v) is 3.45. The molecule has 102 valence electrons. The number of carbonyl (C=O) groups excluding carboxylic acids is 1. The van der Waals surface area contributed by atoms with Crippen molar-refractivity contribution in [1.82, 2.24) is 5.32 Å². The number of nitrogens with one attached hydrogen (secondary N) is 1. The molecule has 0 radical (unpaired) electrons. The number of halogens is 1. The van der Waals surface area contributed by atoms with Crippen molar-refractivity contribution in [3.63, 3.8) is 0 Å². The van der Waals surface area contributed by atoms with Gasteiger partial charge in [0.05, 0.1) is 5.56 Å². The Morgan fingerprint density at radius 1 is 1.58 bits per heavy atom. The second kappa shape index (κ2) is 7.82. The molecule has 0 aliphatic rings. The number of rotatable bonds is 4. The summed E-state index contributed by atoms with van der Waals surface area (Å²) in [6, 6.07) is 3.83. The van der Waals surface area contributed by atoms with Crippen molar-refractivity contribution in [2.75, 3.05) is 19.4 Å². The average molecular weight is 281 g/mol. The van der Waals surface area contributed by atoms with Crippen molar-refractivity contribution >= 4 is 17.7 Å². The zero-order chi connectivity index (χ0) is 14.3. The van der Waals surface area contributed by atoms with Gasteiger partial charge < -0.3 is 10.4 Å². The van der Waals surface area contributed by atoms with Crippen molar-refractivity contribution in [3.05, 3.63) is 35.1 Å². The van der Waals surface area contributed by atoms with E-state index in [1.165, 1.54) is 12.1 Å². The van der Waals surface area contributed by atoms with E-state index in [0.29, 0.717) is 12.1 Å². The van der Waals surface area contributed by atoms with Gasteiger partial charge in [-0.15, -0.1) is 0 Å². The van der Waals surface area contributed by atoms with Crippen molar-refractivity contribution < 1.29 is 14.3 Å². The number of thioether (sulfide) groups is 1. The molecule has 1 aromatic rings. The van der Waals surface area contributed by atoms with E-state index in [1.807, 2.05) is 13.2 Å². The largest absolute Gasteiger partial charge is 0.384 e. The third kappa shape index (κ3) is 4.93. The molecule has 1 aromatic carbocycles. The summed E-state index contributed by atoms with van der Waals surface area (Å²) in [5, 5.41) is 11.7. The Morgan fingerprint density at radius 3 is 2.95 bits per heavy atom. The fourth-order valence-corrected chi connectivity index (χ4v) is 1.61. The fraction of sp³-hybridized carbons (Fsp3) is 0.357. The standard InChI is InChI=1S/C14H16FNO2S/c1-10(19-2)9-16-14(18)13-8-12(15)6-5-11(13)4-3-7-17/h5-6,8,10,17H,7,9H2,1-2H3,(H,16,18). The Labute approximate surface area is 116 Å². The molecule has 1 amide bonds. The molecule has 0 heterocycles. The molecule has 0 fully saturated rings. The molecule has 0 spiro atoms. The summed E-state index contributed by atoms with van der Waals surface area (Å²) in [5.41, 5.74) is 0.596. The molecule has 0 saturated carbocycles. The maximum absolute atomic E-state index is 13.2. The van der Waals surface area contributed by atoms with Gasteiger partial charge in [-0.1, -0.05) is 18.8 Å². The molecule has 1 atom stereocenters. The number of hydrogen-bond acceptors (Lipinski definition) is 3. The minimum absolute atomic E-state index is 0.189. The zero-order valence-electron chi connectivity index (χ0n) is 10.9.